The van der Waals surface area contributed by atoms with Gasteiger partial charge in [0.05, 0.1) is 23.7 Å². The molecular formula is C13H16N2O6. The molecule has 114 valence electrons. The lowest BCUT2D eigenvalue weighted by Crippen LogP contribution is -2.36. The zero-order valence-corrected chi connectivity index (χ0v) is 11.7. The standard InChI is InChI=1S/C13H16N2O6/c1-3-6-14(8-12(16)17)13(18)10-5-4-9(15(19)20)7-11(10)21-2/h4-5,7H,3,6,8H2,1-2H3,(H,16,17). The number of carboxylic acids is 1. The largest absolute Gasteiger partial charge is 0.496 e. The van der Waals surface area contributed by atoms with E-state index in [0.29, 0.717) is 6.42 Å². The molecule has 1 rings (SSSR count). The molecule has 21 heavy (non-hydrogen) atoms. The van der Waals surface area contributed by atoms with E-state index in [0.717, 1.165) is 11.0 Å². The van der Waals surface area contributed by atoms with Crippen molar-refractivity contribution >= 4 is 17.6 Å². The van der Waals surface area contributed by atoms with Gasteiger partial charge in [-0.2, -0.15) is 0 Å². The molecule has 0 unspecified atom stereocenters. The zero-order valence-electron chi connectivity index (χ0n) is 11.7. The van der Waals surface area contributed by atoms with Gasteiger partial charge >= 0.3 is 5.97 Å². The number of nitro groups is 1. The molecule has 8 heteroatoms. The van der Waals surface area contributed by atoms with Crippen LogP contribution in [0.2, 0.25) is 0 Å². The van der Waals surface area contributed by atoms with Gasteiger partial charge in [0.25, 0.3) is 11.6 Å². The Morgan fingerprint density at radius 1 is 1.43 bits per heavy atom. The Kier molecular flexibility index (Phi) is 5.65. The third-order valence-electron chi connectivity index (χ3n) is 2.73. The molecule has 0 aliphatic heterocycles. The van der Waals surface area contributed by atoms with Crippen molar-refractivity contribution < 1.29 is 24.4 Å². The highest BCUT2D eigenvalue weighted by molar-refractivity contribution is 5.98. The van der Waals surface area contributed by atoms with E-state index in [1.54, 1.807) is 0 Å². The van der Waals surface area contributed by atoms with Crippen molar-refractivity contribution in [2.75, 3.05) is 20.2 Å². The number of carbonyl (C=O) groups is 2. The van der Waals surface area contributed by atoms with E-state index in [1.165, 1.54) is 19.2 Å². The summed E-state index contributed by atoms with van der Waals surface area (Å²) >= 11 is 0. The van der Waals surface area contributed by atoms with Gasteiger partial charge < -0.3 is 14.7 Å². The molecule has 1 aromatic carbocycles. The van der Waals surface area contributed by atoms with Crippen LogP contribution in [-0.4, -0.2) is 47.0 Å². The lowest BCUT2D eigenvalue weighted by Gasteiger charge is -2.21. The van der Waals surface area contributed by atoms with Crippen molar-refractivity contribution in [3.05, 3.63) is 33.9 Å². The molecule has 8 nitrogen and oxygen atoms in total. The molecular weight excluding hydrogens is 280 g/mol. The van der Waals surface area contributed by atoms with E-state index in [-0.39, 0.29) is 23.5 Å². The Labute approximate surface area is 121 Å². The van der Waals surface area contributed by atoms with Gasteiger partial charge in [-0.25, -0.2) is 0 Å². The van der Waals surface area contributed by atoms with Gasteiger partial charge in [0.2, 0.25) is 0 Å². The molecule has 0 radical (unpaired) electrons. The van der Waals surface area contributed by atoms with E-state index >= 15 is 0 Å². The third-order valence-corrected chi connectivity index (χ3v) is 2.73. The summed E-state index contributed by atoms with van der Waals surface area (Å²) in [7, 11) is 1.29. The highest BCUT2D eigenvalue weighted by Gasteiger charge is 2.22. The van der Waals surface area contributed by atoms with Crippen LogP contribution in [0.4, 0.5) is 5.69 Å². The van der Waals surface area contributed by atoms with Crippen LogP contribution in [0.1, 0.15) is 23.7 Å². The number of benzene rings is 1. The predicted octanol–water partition coefficient (Wildman–Crippen LogP) is 1.54. The molecule has 0 atom stereocenters. The number of hydrogen-bond acceptors (Lipinski definition) is 5. The summed E-state index contributed by atoms with van der Waals surface area (Å²) < 4.78 is 4.99. The Bertz CT molecular complexity index is 558. The lowest BCUT2D eigenvalue weighted by atomic mass is 10.1. The van der Waals surface area contributed by atoms with Gasteiger partial charge in [0.1, 0.15) is 12.3 Å². The highest BCUT2D eigenvalue weighted by atomic mass is 16.6. The minimum atomic E-state index is -1.13. The van der Waals surface area contributed by atoms with Gasteiger partial charge in [-0.1, -0.05) is 6.92 Å². The van der Waals surface area contributed by atoms with E-state index in [2.05, 4.69) is 0 Å². The molecule has 0 heterocycles. The Morgan fingerprint density at radius 3 is 2.57 bits per heavy atom. The topological polar surface area (TPSA) is 110 Å². The van der Waals surface area contributed by atoms with E-state index in [9.17, 15) is 19.7 Å². The summed E-state index contributed by atoms with van der Waals surface area (Å²) in [6, 6.07) is 3.59. The molecule has 0 saturated carbocycles. The lowest BCUT2D eigenvalue weighted by molar-refractivity contribution is -0.384. The van der Waals surface area contributed by atoms with Crippen LogP contribution in [0.25, 0.3) is 0 Å². The average Bonchev–Trinajstić information content (AvgIpc) is 2.44. The number of nitrogens with zero attached hydrogens (tertiary/aromatic N) is 2. The fourth-order valence-electron chi connectivity index (χ4n) is 1.83. The average molecular weight is 296 g/mol. The number of hydrogen-bond donors (Lipinski definition) is 1. The number of ether oxygens (including phenoxy) is 1. The molecule has 0 aliphatic carbocycles. The normalized spacial score (nSPS) is 10.0. The Morgan fingerprint density at radius 2 is 2.10 bits per heavy atom. The van der Waals surface area contributed by atoms with Crippen molar-refractivity contribution in [3.8, 4) is 5.75 Å². The second-order valence-corrected chi connectivity index (χ2v) is 4.26. The van der Waals surface area contributed by atoms with Crippen molar-refractivity contribution in [1.29, 1.82) is 0 Å². The maximum Gasteiger partial charge on any atom is 0.323 e. The van der Waals surface area contributed by atoms with E-state index in [1.807, 2.05) is 6.92 Å². The summed E-state index contributed by atoms with van der Waals surface area (Å²) in [5, 5.41) is 19.5. The second-order valence-electron chi connectivity index (χ2n) is 4.26. The van der Waals surface area contributed by atoms with Gasteiger partial charge in [-0.15, -0.1) is 0 Å². The molecule has 0 saturated heterocycles. The van der Waals surface area contributed by atoms with Crippen LogP contribution in [0.15, 0.2) is 18.2 Å². The van der Waals surface area contributed by atoms with Crippen LogP contribution >= 0.6 is 0 Å². The first-order valence-corrected chi connectivity index (χ1v) is 6.24. The second kappa shape index (κ2) is 7.22. The van der Waals surface area contributed by atoms with Gasteiger partial charge in [0, 0.05) is 12.6 Å². The Balaban J connectivity index is 3.14. The first kappa shape index (κ1) is 16.4. The first-order valence-electron chi connectivity index (χ1n) is 6.24. The maximum absolute atomic E-state index is 12.3. The summed E-state index contributed by atoms with van der Waals surface area (Å²) in [6.07, 6.45) is 0.592. The SMILES string of the molecule is CCCN(CC(=O)O)C(=O)c1ccc([N+](=O)[O-])cc1OC. The fourth-order valence-corrected chi connectivity index (χ4v) is 1.83. The van der Waals surface area contributed by atoms with Crippen LogP contribution in [-0.2, 0) is 4.79 Å². The molecule has 1 amide bonds. The minimum absolute atomic E-state index is 0.0423. The third kappa shape index (κ3) is 4.16. The van der Waals surface area contributed by atoms with Gasteiger partial charge in [0.15, 0.2) is 0 Å². The quantitative estimate of drug-likeness (QED) is 0.603. The highest BCUT2D eigenvalue weighted by Crippen LogP contribution is 2.25. The maximum atomic E-state index is 12.3. The van der Waals surface area contributed by atoms with Gasteiger partial charge in [-0.3, -0.25) is 19.7 Å². The monoisotopic (exact) mass is 296 g/mol. The van der Waals surface area contributed by atoms with Gasteiger partial charge in [-0.05, 0) is 12.5 Å². The van der Waals surface area contributed by atoms with Crippen LogP contribution in [0, 0.1) is 10.1 Å². The van der Waals surface area contributed by atoms with E-state index in [4.69, 9.17) is 9.84 Å². The first-order chi connectivity index (χ1) is 9.90. The molecule has 0 aromatic heterocycles. The van der Waals surface area contributed by atoms with Crippen molar-refractivity contribution in [2.24, 2.45) is 0 Å². The van der Waals surface area contributed by atoms with Crippen molar-refractivity contribution in [2.45, 2.75) is 13.3 Å². The predicted molar refractivity (Wildman–Crippen MR) is 73.5 cm³/mol. The summed E-state index contributed by atoms with van der Waals surface area (Å²) in [5.41, 5.74) is -0.110. The Hall–Kier alpha value is -2.64. The number of amides is 1. The van der Waals surface area contributed by atoms with Crippen molar-refractivity contribution in [1.82, 2.24) is 4.90 Å². The summed E-state index contributed by atoms with van der Waals surface area (Å²) in [4.78, 5) is 34.4. The molecule has 0 bridgehead atoms. The van der Waals surface area contributed by atoms with E-state index < -0.39 is 23.3 Å². The smallest absolute Gasteiger partial charge is 0.323 e. The van der Waals surface area contributed by atoms with Crippen LogP contribution in [0.5, 0.6) is 5.75 Å². The number of nitro benzene ring substituents is 1. The fraction of sp³-hybridized carbons (Fsp3) is 0.385. The number of aliphatic carboxylic acids is 1. The number of non-ortho nitro benzene ring substituents is 1. The number of methoxy groups -OCH3 is 1. The van der Waals surface area contributed by atoms with Crippen molar-refractivity contribution in [3.63, 3.8) is 0 Å². The molecule has 0 spiro atoms. The number of carbonyl (C=O) groups excluding carboxylic acids is 1. The molecule has 0 fully saturated rings. The van der Waals surface area contributed by atoms with Crippen LogP contribution in [0.3, 0.4) is 0 Å². The minimum Gasteiger partial charge on any atom is -0.496 e. The summed E-state index contributed by atoms with van der Waals surface area (Å²) in [5.74, 6) is -1.62. The number of carboxylic acid groups (broad SMARTS) is 1. The molecule has 1 N–H and O–H groups in total. The van der Waals surface area contributed by atoms with Crippen LogP contribution < -0.4 is 4.74 Å². The molecule has 0 aliphatic rings. The number of rotatable bonds is 7. The molecule has 1 aromatic rings. The zero-order chi connectivity index (χ0) is 16.0. The summed E-state index contributed by atoms with van der Waals surface area (Å²) in [6.45, 7) is 1.65.